The summed E-state index contributed by atoms with van der Waals surface area (Å²) < 4.78 is 11.4. The van der Waals surface area contributed by atoms with Crippen molar-refractivity contribution in [1.29, 1.82) is 0 Å². The summed E-state index contributed by atoms with van der Waals surface area (Å²) in [5, 5.41) is 0. The van der Waals surface area contributed by atoms with Crippen LogP contribution in [0.1, 0.15) is 11.1 Å². The van der Waals surface area contributed by atoms with E-state index >= 15 is 0 Å². The fourth-order valence-electron chi connectivity index (χ4n) is 2.61. The van der Waals surface area contributed by atoms with E-state index in [1.807, 2.05) is 36.4 Å². The van der Waals surface area contributed by atoms with Crippen LogP contribution in [0.2, 0.25) is 0 Å². The maximum absolute atomic E-state index is 6.01. The van der Waals surface area contributed by atoms with Crippen molar-refractivity contribution in [1.82, 2.24) is 4.90 Å². The fourth-order valence-corrected chi connectivity index (χ4v) is 2.95. The molecule has 1 aliphatic heterocycles. The van der Waals surface area contributed by atoms with E-state index in [-0.39, 0.29) is 0 Å². The van der Waals surface area contributed by atoms with E-state index in [2.05, 4.69) is 23.1 Å². The van der Waals surface area contributed by atoms with E-state index in [0.29, 0.717) is 6.61 Å². The summed E-state index contributed by atoms with van der Waals surface area (Å²) in [6.45, 7) is 3.85. The molecule has 3 nitrogen and oxygen atoms in total. The van der Waals surface area contributed by atoms with E-state index in [9.17, 15) is 0 Å². The van der Waals surface area contributed by atoms with Crippen LogP contribution in [-0.2, 0) is 17.8 Å². The molecule has 0 radical (unpaired) electrons. The molecule has 0 N–H and O–H groups in total. The van der Waals surface area contributed by atoms with Gasteiger partial charge in [-0.2, -0.15) is 0 Å². The molecule has 1 fully saturated rings. The zero-order valence-electron chi connectivity index (χ0n) is 13.1. The molecule has 2 aromatic carbocycles. The van der Waals surface area contributed by atoms with Crippen LogP contribution in [0.4, 0.5) is 0 Å². The monoisotopic (exact) mass is 327 g/mol. The number of hydrogen-bond acceptors (Lipinski definition) is 3. The summed E-state index contributed by atoms with van der Waals surface area (Å²) in [7, 11) is 0. The molecule has 0 spiro atoms. The molecule has 1 saturated heterocycles. The maximum atomic E-state index is 6.01. The quantitative estimate of drug-likeness (QED) is 0.784. The molecule has 1 heterocycles. The lowest BCUT2D eigenvalue weighted by Gasteiger charge is -2.29. The van der Waals surface area contributed by atoms with Crippen molar-refractivity contribution in [2.75, 3.05) is 26.3 Å². The van der Waals surface area contributed by atoms with Crippen LogP contribution in [0.25, 0.3) is 0 Å². The Balaban J connectivity index is 1.64. The van der Waals surface area contributed by atoms with Gasteiger partial charge in [-0.1, -0.05) is 60.7 Å². The molecule has 3 rings (SSSR count). The Labute approximate surface area is 142 Å². The Kier molecular flexibility index (Phi) is 5.61. The Hall–Kier alpha value is -1.91. The summed E-state index contributed by atoms with van der Waals surface area (Å²) in [5.74, 6) is 0.909. The average Bonchev–Trinajstić information content (AvgIpc) is 2.62. The Morgan fingerprint density at radius 3 is 2.48 bits per heavy atom. The third kappa shape index (κ3) is 4.53. The minimum Gasteiger partial charge on any atom is -0.489 e. The lowest BCUT2D eigenvalue weighted by atomic mass is 10.1. The highest BCUT2D eigenvalue weighted by molar-refractivity contribution is 7.80. The summed E-state index contributed by atoms with van der Waals surface area (Å²) >= 11 is 5.61. The molecule has 0 atom stereocenters. The lowest BCUT2D eigenvalue weighted by molar-refractivity contribution is 0.0684. The van der Waals surface area contributed by atoms with Crippen molar-refractivity contribution < 1.29 is 9.47 Å². The zero-order valence-corrected chi connectivity index (χ0v) is 13.9. The number of thiocarbonyl (C=S) groups is 1. The highest BCUT2D eigenvalue weighted by atomic mass is 32.1. The third-order valence-electron chi connectivity index (χ3n) is 3.92. The number of benzene rings is 2. The van der Waals surface area contributed by atoms with E-state index in [1.54, 1.807) is 0 Å². The van der Waals surface area contributed by atoms with Crippen molar-refractivity contribution in [2.45, 2.75) is 13.0 Å². The molecular formula is C19H21NO2S. The number of nitrogens with zero attached hydrogens (tertiary/aromatic N) is 1. The van der Waals surface area contributed by atoms with Crippen LogP contribution in [0.15, 0.2) is 54.6 Å². The first-order valence-corrected chi connectivity index (χ1v) is 8.34. The summed E-state index contributed by atoms with van der Waals surface area (Å²) in [4.78, 5) is 3.19. The molecule has 0 amide bonds. The SMILES string of the molecule is S=C(Cc1ccccc1OCc1ccccc1)N1CCOCC1. The summed E-state index contributed by atoms with van der Waals surface area (Å²) in [5.41, 5.74) is 2.30. The predicted octanol–water partition coefficient (Wildman–Crippen LogP) is 3.47. The standard InChI is InChI=1S/C19H21NO2S/c23-19(20-10-12-21-13-11-20)14-17-8-4-5-9-18(17)22-15-16-6-2-1-3-7-16/h1-9H,10-15H2. The first kappa shape index (κ1) is 16.0. The summed E-state index contributed by atoms with van der Waals surface area (Å²) in [6.07, 6.45) is 0.736. The Morgan fingerprint density at radius 1 is 1.00 bits per heavy atom. The van der Waals surface area contributed by atoms with Gasteiger partial charge in [0.05, 0.1) is 18.2 Å². The van der Waals surface area contributed by atoms with Crippen molar-refractivity contribution in [3.8, 4) is 5.75 Å². The maximum Gasteiger partial charge on any atom is 0.123 e. The highest BCUT2D eigenvalue weighted by Gasteiger charge is 2.15. The molecule has 0 aromatic heterocycles. The van der Waals surface area contributed by atoms with E-state index in [1.165, 1.54) is 0 Å². The van der Waals surface area contributed by atoms with Gasteiger partial charge in [0.15, 0.2) is 0 Å². The number of ether oxygens (including phenoxy) is 2. The first-order valence-electron chi connectivity index (χ1n) is 7.93. The van der Waals surface area contributed by atoms with Gasteiger partial charge in [-0.05, 0) is 11.6 Å². The van der Waals surface area contributed by atoms with Crippen molar-refractivity contribution in [2.24, 2.45) is 0 Å². The fraction of sp³-hybridized carbons (Fsp3) is 0.316. The van der Waals surface area contributed by atoms with Gasteiger partial charge in [0.2, 0.25) is 0 Å². The van der Waals surface area contributed by atoms with E-state index < -0.39 is 0 Å². The molecule has 0 unspecified atom stereocenters. The molecule has 2 aromatic rings. The van der Waals surface area contributed by atoms with Gasteiger partial charge in [0.25, 0.3) is 0 Å². The average molecular weight is 327 g/mol. The molecule has 120 valence electrons. The number of rotatable bonds is 5. The molecule has 4 heteroatoms. The van der Waals surface area contributed by atoms with E-state index in [4.69, 9.17) is 21.7 Å². The molecular weight excluding hydrogens is 306 g/mol. The molecule has 0 aliphatic carbocycles. The second-order valence-corrected chi connectivity index (χ2v) is 6.02. The van der Waals surface area contributed by atoms with E-state index in [0.717, 1.165) is 54.6 Å². The van der Waals surface area contributed by atoms with Gasteiger partial charge in [-0.25, -0.2) is 0 Å². The van der Waals surface area contributed by atoms with Gasteiger partial charge in [0, 0.05) is 25.1 Å². The summed E-state index contributed by atoms with van der Waals surface area (Å²) in [6, 6.07) is 18.3. The minimum atomic E-state index is 0.572. The Bertz CT molecular complexity index is 639. The largest absolute Gasteiger partial charge is 0.489 e. The second-order valence-electron chi connectivity index (χ2n) is 5.55. The zero-order chi connectivity index (χ0) is 15.9. The molecule has 1 aliphatic rings. The van der Waals surface area contributed by atoms with Crippen LogP contribution < -0.4 is 4.74 Å². The first-order chi connectivity index (χ1) is 11.3. The van der Waals surface area contributed by atoms with Crippen LogP contribution in [-0.4, -0.2) is 36.2 Å². The van der Waals surface area contributed by atoms with Crippen LogP contribution in [0.5, 0.6) is 5.75 Å². The lowest BCUT2D eigenvalue weighted by Crippen LogP contribution is -2.40. The van der Waals surface area contributed by atoms with Gasteiger partial charge >= 0.3 is 0 Å². The van der Waals surface area contributed by atoms with Crippen molar-refractivity contribution in [3.63, 3.8) is 0 Å². The number of morpholine rings is 1. The van der Waals surface area contributed by atoms with Crippen LogP contribution >= 0.6 is 12.2 Å². The van der Waals surface area contributed by atoms with Gasteiger partial charge in [-0.3, -0.25) is 0 Å². The third-order valence-corrected chi connectivity index (χ3v) is 4.32. The molecule has 23 heavy (non-hydrogen) atoms. The highest BCUT2D eigenvalue weighted by Crippen LogP contribution is 2.21. The molecule has 0 bridgehead atoms. The number of para-hydroxylation sites is 1. The van der Waals surface area contributed by atoms with Gasteiger partial charge in [-0.15, -0.1) is 0 Å². The normalized spacial score (nSPS) is 14.5. The predicted molar refractivity (Wildman–Crippen MR) is 95.9 cm³/mol. The molecule has 0 saturated carbocycles. The van der Waals surface area contributed by atoms with Crippen LogP contribution in [0.3, 0.4) is 0 Å². The van der Waals surface area contributed by atoms with Crippen molar-refractivity contribution >= 4 is 17.2 Å². The minimum absolute atomic E-state index is 0.572. The topological polar surface area (TPSA) is 21.7 Å². The van der Waals surface area contributed by atoms with Crippen molar-refractivity contribution in [3.05, 3.63) is 65.7 Å². The number of hydrogen-bond donors (Lipinski definition) is 0. The Morgan fingerprint density at radius 2 is 1.70 bits per heavy atom. The second kappa shape index (κ2) is 8.09. The van der Waals surface area contributed by atoms with Gasteiger partial charge < -0.3 is 14.4 Å². The smallest absolute Gasteiger partial charge is 0.123 e. The van der Waals surface area contributed by atoms with Crippen LogP contribution in [0, 0.1) is 0 Å². The van der Waals surface area contributed by atoms with Gasteiger partial charge in [0.1, 0.15) is 12.4 Å².